The molecule has 94 valence electrons. The molecule has 7 heteroatoms. The zero-order chi connectivity index (χ0) is 13.1. The minimum atomic E-state index is -0.438. The van der Waals surface area contributed by atoms with Gasteiger partial charge < -0.3 is 5.32 Å². The first-order valence-corrected chi connectivity index (χ1v) is 5.41. The van der Waals surface area contributed by atoms with Crippen LogP contribution in [0.2, 0.25) is 0 Å². The number of anilines is 1. The number of H-pyrrole nitrogens is 1. The maximum absolute atomic E-state index is 10.7. The van der Waals surface area contributed by atoms with Gasteiger partial charge in [-0.25, -0.2) is 4.98 Å². The van der Waals surface area contributed by atoms with Gasteiger partial charge in [-0.3, -0.25) is 15.2 Å². The Morgan fingerprint density at radius 3 is 2.78 bits per heavy atom. The second-order valence-corrected chi connectivity index (χ2v) is 3.99. The Morgan fingerprint density at radius 2 is 2.22 bits per heavy atom. The molecule has 0 saturated carbocycles. The van der Waals surface area contributed by atoms with Gasteiger partial charge in [0.1, 0.15) is 12.0 Å². The van der Waals surface area contributed by atoms with Crippen molar-refractivity contribution in [2.75, 3.05) is 5.32 Å². The summed E-state index contributed by atoms with van der Waals surface area (Å²) in [7, 11) is 0. The molecule has 7 nitrogen and oxygen atoms in total. The molecule has 2 aromatic rings. The molecule has 18 heavy (non-hydrogen) atoms. The van der Waals surface area contributed by atoms with Gasteiger partial charge in [-0.05, 0) is 19.9 Å². The Kier molecular flexibility index (Phi) is 3.22. The number of aryl methyl sites for hydroxylation is 2. The Bertz CT molecular complexity index is 579. The Hall–Kier alpha value is -2.44. The van der Waals surface area contributed by atoms with Crippen molar-refractivity contribution in [1.82, 2.24) is 15.2 Å². The van der Waals surface area contributed by atoms with Crippen molar-refractivity contribution in [3.8, 4) is 0 Å². The van der Waals surface area contributed by atoms with Crippen molar-refractivity contribution >= 4 is 11.5 Å². The zero-order valence-electron chi connectivity index (χ0n) is 10.1. The molecule has 0 aromatic carbocycles. The minimum absolute atomic E-state index is 0.0278. The van der Waals surface area contributed by atoms with E-state index in [4.69, 9.17) is 0 Å². The molecule has 2 heterocycles. The molecule has 2 aromatic heterocycles. The number of nitro groups is 1. The largest absolute Gasteiger partial charge is 0.366 e. The summed E-state index contributed by atoms with van der Waals surface area (Å²) >= 11 is 0. The van der Waals surface area contributed by atoms with E-state index in [0.29, 0.717) is 17.9 Å². The molecule has 0 fully saturated rings. The van der Waals surface area contributed by atoms with Crippen LogP contribution in [-0.2, 0) is 6.54 Å². The number of nitrogens with one attached hydrogen (secondary N) is 2. The topological polar surface area (TPSA) is 96.7 Å². The summed E-state index contributed by atoms with van der Waals surface area (Å²) in [6.45, 7) is 4.19. The molecule has 0 aliphatic heterocycles. The first-order valence-electron chi connectivity index (χ1n) is 5.41. The molecule has 2 N–H and O–H groups in total. The van der Waals surface area contributed by atoms with Crippen LogP contribution < -0.4 is 5.32 Å². The maximum Gasteiger partial charge on any atom is 0.290 e. The fourth-order valence-electron chi connectivity index (χ4n) is 1.58. The molecule has 0 aliphatic rings. The molecular weight excluding hydrogens is 234 g/mol. The van der Waals surface area contributed by atoms with Crippen molar-refractivity contribution in [2.45, 2.75) is 20.4 Å². The highest BCUT2D eigenvalue weighted by molar-refractivity contribution is 5.47. The SMILES string of the molecule is Cc1cc(NCc2cn[nH]c2C)ncc1[N+](=O)[O-]. The number of hydrogen-bond donors (Lipinski definition) is 2. The molecule has 0 bridgehead atoms. The average molecular weight is 247 g/mol. The summed E-state index contributed by atoms with van der Waals surface area (Å²) < 4.78 is 0. The van der Waals surface area contributed by atoms with E-state index in [9.17, 15) is 10.1 Å². The van der Waals surface area contributed by atoms with Crippen molar-refractivity contribution < 1.29 is 4.92 Å². The third-order valence-corrected chi connectivity index (χ3v) is 2.67. The Balaban J connectivity index is 2.09. The van der Waals surface area contributed by atoms with Gasteiger partial charge >= 0.3 is 0 Å². The second kappa shape index (κ2) is 4.82. The lowest BCUT2D eigenvalue weighted by Crippen LogP contribution is -2.03. The van der Waals surface area contributed by atoms with Crippen molar-refractivity contribution in [3.05, 3.63) is 45.4 Å². The number of nitrogens with zero attached hydrogens (tertiary/aromatic N) is 3. The fraction of sp³-hybridized carbons (Fsp3) is 0.273. The molecule has 0 radical (unpaired) electrons. The van der Waals surface area contributed by atoms with E-state index in [2.05, 4.69) is 20.5 Å². The molecule has 0 saturated heterocycles. The second-order valence-electron chi connectivity index (χ2n) is 3.99. The first-order chi connectivity index (χ1) is 8.58. The molecular formula is C11H13N5O2. The lowest BCUT2D eigenvalue weighted by Gasteiger charge is -2.05. The van der Waals surface area contributed by atoms with Crippen molar-refractivity contribution in [3.63, 3.8) is 0 Å². The van der Waals surface area contributed by atoms with Crippen LogP contribution in [0.25, 0.3) is 0 Å². The van der Waals surface area contributed by atoms with Gasteiger partial charge in [-0.1, -0.05) is 0 Å². The van der Waals surface area contributed by atoms with Gasteiger partial charge in [0.05, 0.1) is 11.1 Å². The summed E-state index contributed by atoms with van der Waals surface area (Å²) in [6.07, 6.45) is 3.00. The predicted molar refractivity (Wildman–Crippen MR) is 66.3 cm³/mol. The van der Waals surface area contributed by atoms with E-state index in [1.165, 1.54) is 6.20 Å². The van der Waals surface area contributed by atoms with E-state index in [1.807, 2.05) is 6.92 Å². The maximum atomic E-state index is 10.7. The summed E-state index contributed by atoms with van der Waals surface area (Å²) in [5, 5.41) is 20.5. The number of pyridine rings is 1. The van der Waals surface area contributed by atoms with Gasteiger partial charge in [-0.15, -0.1) is 0 Å². The average Bonchev–Trinajstić information content (AvgIpc) is 2.72. The van der Waals surface area contributed by atoms with Crippen molar-refractivity contribution in [2.24, 2.45) is 0 Å². The molecule has 0 amide bonds. The number of hydrogen-bond acceptors (Lipinski definition) is 5. The summed E-state index contributed by atoms with van der Waals surface area (Å²) in [5.74, 6) is 0.610. The minimum Gasteiger partial charge on any atom is -0.366 e. The van der Waals surface area contributed by atoms with Gasteiger partial charge in [-0.2, -0.15) is 5.10 Å². The van der Waals surface area contributed by atoms with Gasteiger partial charge in [0.2, 0.25) is 0 Å². The zero-order valence-corrected chi connectivity index (χ0v) is 10.1. The third-order valence-electron chi connectivity index (χ3n) is 2.67. The van der Waals surface area contributed by atoms with E-state index in [1.54, 1.807) is 19.2 Å². The van der Waals surface area contributed by atoms with E-state index in [-0.39, 0.29) is 5.69 Å². The molecule has 0 atom stereocenters. The van der Waals surface area contributed by atoms with Crippen LogP contribution in [0.5, 0.6) is 0 Å². The Labute approximate surface area is 103 Å². The van der Waals surface area contributed by atoms with Crippen LogP contribution in [0.3, 0.4) is 0 Å². The van der Waals surface area contributed by atoms with E-state index >= 15 is 0 Å². The predicted octanol–water partition coefficient (Wildman–Crippen LogP) is 1.94. The highest BCUT2D eigenvalue weighted by Gasteiger charge is 2.11. The van der Waals surface area contributed by atoms with Gasteiger partial charge in [0, 0.05) is 23.4 Å². The highest BCUT2D eigenvalue weighted by Crippen LogP contribution is 2.19. The Morgan fingerprint density at radius 1 is 1.44 bits per heavy atom. The van der Waals surface area contributed by atoms with Crippen LogP contribution in [0.4, 0.5) is 11.5 Å². The van der Waals surface area contributed by atoms with Crippen LogP contribution in [-0.4, -0.2) is 20.1 Å². The molecule has 0 unspecified atom stereocenters. The van der Waals surface area contributed by atoms with Crippen LogP contribution in [0, 0.1) is 24.0 Å². The summed E-state index contributed by atoms with van der Waals surface area (Å²) in [6, 6.07) is 1.66. The number of aromatic nitrogens is 3. The summed E-state index contributed by atoms with van der Waals surface area (Å²) in [5.41, 5.74) is 2.63. The van der Waals surface area contributed by atoms with E-state index in [0.717, 1.165) is 11.3 Å². The quantitative estimate of drug-likeness (QED) is 0.635. The normalized spacial score (nSPS) is 10.3. The lowest BCUT2D eigenvalue weighted by molar-refractivity contribution is -0.385. The van der Waals surface area contributed by atoms with Gasteiger partial charge in [0.15, 0.2) is 0 Å². The number of aromatic amines is 1. The molecule has 0 spiro atoms. The molecule has 2 rings (SSSR count). The number of rotatable bonds is 4. The lowest BCUT2D eigenvalue weighted by atomic mass is 10.2. The molecule has 0 aliphatic carbocycles. The van der Waals surface area contributed by atoms with Gasteiger partial charge in [0.25, 0.3) is 5.69 Å². The van der Waals surface area contributed by atoms with Crippen LogP contribution in [0.15, 0.2) is 18.5 Å². The standard InChI is InChI=1S/C11H13N5O2/c1-7-3-11(13-6-10(7)16(17)18)12-4-9-5-14-15-8(9)2/h3,5-6H,4H2,1-2H3,(H,12,13)(H,14,15). The summed E-state index contributed by atoms with van der Waals surface area (Å²) in [4.78, 5) is 14.2. The van der Waals surface area contributed by atoms with Crippen LogP contribution >= 0.6 is 0 Å². The smallest absolute Gasteiger partial charge is 0.290 e. The van der Waals surface area contributed by atoms with Crippen LogP contribution in [0.1, 0.15) is 16.8 Å². The van der Waals surface area contributed by atoms with Crippen molar-refractivity contribution in [1.29, 1.82) is 0 Å². The fourth-order valence-corrected chi connectivity index (χ4v) is 1.58. The first kappa shape index (κ1) is 12.0. The van der Waals surface area contributed by atoms with E-state index < -0.39 is 4.92 Å². The third kappa shape index (κ3) is 2.45. The monoisotopic (exact) mass is 247 g/mol. The highest BCUT2D eigenvalue weighted by atomic mass is 16.6.